The van der Waals surface area contributed by atoms with E-state index in [1.54, 1.807) is 0 Å². The third kappa shape index (κ3) is 2.94. The number of amides is 1. The van der Waals surface area contributed by atoms with Crippen LogP contribution in [-0.2, 0) is 11.2 Å². The number of fused-ring (bicyclic) bond motifs is 2. The highest BCUT2D eigenvalue weighted by Gasteiger charge is 2.42. The predicted molar refractivity (Wildman–Crippen MR) is 77.1 cm³/mol. The molecule has 0 spiro atoms. The van der Waals surface area contributed by atoms with E-state index in [0.717, 1.165) is 23.8 Å². The van der Waals surface area contributed by atoms with E-state index in [1.807, 2.05) is 18.2 Å². The van der Waals surface area contributed by atoms with Gasteiger partial charge in [-0.15, -0.1) is 0 Å². The minimum Gasteiger partial charge on any atom is -0.356 e. The van der Waals surface area contributed by atoms with Gasteiger partial charge >= 0.3 is 0 Å². The Morgan fingerprint density at radius 2 is 2.21 bits per heavy atom. The summed E-state index contributed by atoms with van der Waals surface area (Å²) in [5.74, 6) is 2.05. The number of nitrogens with one attached hydrogen (secondary N) is 1. The Balaban J connectivity index is 1.46. The van der Waals surface area contributed by atoms with Crippen molar-refractivity contribution in [3.05, 3.63) is 34.9 Å². The molecular formula is C16H20ClNO. The van der Waals surface area contributed by atoms with Crippen molar-refractivity contribution in [1.29, 1.82) is 0 Å². The number of halogens is 1. The largest absolute Gasteiger partial charge is 0.356 e. The Morgan fingerprint density at radius 3 is 2.89 bits per heavy atom. The molecule has 1 aromatic carbocycles. The highest BCUT2D eigenvalue weighted by molar-refractivity contribution is 6.30. The lowest BCUT2D eigenvalue weighted by molar-refractivity contribution is -0.126. The lowest BCUT2D eigenvalue weighted by atomic mass is 9.88. The van der Waals surface area contributed by atoms with E-state index >= 15 is 0 Å². The molecule has 19 heavy (non-hydrogen) atoms. The summed E-state index contributed by atoms with van der Waals surface area (Å²) in [7, 11) is 0. The van der Waals surface area contributed by atoms with E-state index in [4.69, 9.17) is 11.6 Å². The molecule has 0 aromatic heterocycles. The van der Waals surface area contributed by atoms with Crippen LogP contribution in [0.15, 0.2) is 24.3 Å². The monoisotopic (exact) mass is 277 g/mol. The molecule has 2 aliphatic rings. The quantitative estimate of drug-likeness (QED) is 0.897. The molecule has 0 aliphatic heterocycles. The maximum atomic E-state index is 12.2. The molecule has 3 unspecified atom stereocenters. The third-order valence-corrected chi connectivity index (χ3v) is 4.91. The Hall–Kier alpha value is -1.02. The Labute approximate surface area is 119 Å². The van der Waals surface area contributed by atoms with Gasteiger partial charge in [-0.1, -0.05) is 30.2 Å². The second kappa shape index (κ2) is 5.54. The highest BCUT2D eigenvalue weighted by atomic mass is 35.5. The summed E-state index contributed by atoms with van der Waals surface area (Å²) < 4.78 is 0. The first kappa shape index (κ1) is 13.0. The first-order valence-corrected chi connectivity index (χ1v) is 7.62. The SMILES string of the molecule is O=C(NCCc1cccc(Cl)c1)C1CC2CCC1C2. The van der Waals surface area contributed by atoms with E-state index in [0.29, 0.717) is 12.5 Å². The van der Waals surface area contributed by atoms with Crippen LogP contribution in [0.3, 0.4) is 0 Å². The standard InChI is InChI=1S/C16H20ClNO/c17-14-3-1-2-11(9-14)6-7-18-16(19)15-10-12-4-5-13(15)8-12/h1-3,9,12-13,15H,4-8,10H2,(H,18,19). The molecule has 0 heterocycles. The van der Waals surface area contributed by atoms with E-state index in [-0.39, 0.29) is 11.8 Å². The number of carbonyl (C=O) groups is 1. The molecule has 1 N–H and O–H groups in total. The van der Waals surface area contributed by atoms with Gasteiger partial charge in [0.05, 0.1) is 0 Å². The van der Waals surface area contributed by atoms with Crippen molar-refractivity contribution < 1.29 is 4.79 Å². The van der Waals surface area contributed by atoms with Gasteiger partial charge < -0.3 is 5.32 Å². The number of hydrogen-bond acceptors (Lipinski definition) is 1. The lowest BCUT2D eigenvalue weighted by Crippen LogP contribution is -2.34. The van der Waals surface area contributed by atoms with Crippen LogP contribution in [0.4, 0.5) is 0 Å². The van der Waals surface area contributed by atoms with Crippen molar-refractivity contribution >= 4 is 17.5 Å². The molecular weight excluding hydrogens is 258 g/mol. The average molecular weight is 278 g/mol. The van der Waals surface area contributed by atoms with Crippen LogP contribution in [-0.4, -0.2) is 12.5 Å². The summed E-state index contributed by atoms with van der Waals surface area (Å²) in [5, 5.41) is 3.86. The minimum absolute atomic E-state index is 0.272. The first-order chi connectivity index (χ1) is 9.22. The number of benzene rings is 1. The van der Waals surface area contributed by atoms with Crippen molar-refractivity contribution in [2.75, 3.05) is 6.54 Å². The van der Waals surface area contributed by atoms with Crippen molar-refractivity contribution in [2.45, 2.75) is 32.1 Å². The summed E-state index contributed by atoms with van der Waals surface area (Å²) in [5.41, 5.74) is 1.18. The fraction of sp³-hybridized carbons (Fsp3) is 0.562. The summed E-state index contributed by atoms with van der Waals surface area (Å²) in [6.07, 6.45) is 5.86. The molecule has 102 valence electrons. The van der Waals surface area contributed by atoms with E-state index in [2.05, 4.69) is 11.4 Å². The van der Waals surface area contributed by atoms with Gasteiger partial charge in [-0.05, 0) is 55.2 Å². The van der Waals surface area contributed by atoms with Crippen LogP contribution >= 0.6 is 11.6 Å². The smallest absolute Gasteiger partial charge is 0.223 e. The van der Waals surface area contributed by atoms with Crippen molar-refractivity contribution in [1.82, 2.24) is 5.32 Å². The minimum atomic E-state index is 0.272. The summed E-state index contributed by atoms with van der Waals surface area (Å²) in [6, 6.07) is 7.84. The Morgan fingerprint density at radius 1 is 1.32 bits per heavy atom. The fourth-order valence-corrected chi connectivity index (χ4v) is 3.93. The topological polar surface area (TPSA) is 29.1 Å². The van der Waals surface area contributed by atoms with Crippen LogP contribution in [0, 0.1) is 17.8 Å². The molecule has 2 bridgehead atoms. The zero-order valence-electron chi connectivity index (χ0n) is 11.1. The summed E-state index contributed by atoms with van der Waals surface area (Å²) in [4.78, 5) is 12.2. The van der Waals surface area contributed by atoms with Gasteiger partial charge in [0, 0.05) is 17.5 Å². The normalized spacial score (nSPS) is 28.6. The van der Waals surface area contributed by atoms with Crippen LogP contribution in [0.1, 0.15) is 31.2 Å². The van der Waals surface area contributed by atoms with Gasteiger partial charge in [0.15, 0.2) is 0 Å². The van der Waals surface area contributed by atoms with Gasteiger partial charge in [-0.2, -0.15) is 0 Å². The van der Waals surface area contributed by atoms with Crippen LogP contribution < -0.4 is 5.32 Å². The first-order valence-electron chi connectivity index (χ1n) is 7.24. The average Bonchev–Trinajstić information content (AvgIpc) is 3.01. The second-order valence-electron chi connectivity index (χ2n) is 5.95. The molecule has 2 saturated carbocycles. The molecule has 2 aliphatic carbocycles. The van der Waals surface area contributed by atoms with Crippen molar-refractivity contribution in [3.8, 4) is 0 Å². The second-order valence-corrected chi connectivity index (χ2v) is 6.39. The third-order valence-electron chi connectivity index (χ3n) is 4.68. The lowest BCUT2D eigenvalue weighted by Gasteiger charge is -2.20. The van der Waals surface area contributed by atoms with Gasteiger partial charge in [-0.3, -0.25) is 4.79 Å². The molecule has 2 nitrogen and oxygen atoms in total. The van der Waals surface area contributed by atoms with Crippen molar-refractivity contribution in [3.63, 3.8) is 0 Å². The van der Waals surface area contributed by atoms with E-state index in [9.17, 15) is 4.79 Å². The van der Waals surface area contributed by atoms with Crippen LogP contribution in [0.2, 0.25) is 5.02 Å². The molecule has 0 radical (unpaired) electrons. The highest BCUT2D eigenvalue weighted by Crippen LogP contribution is 2.48. The van der Waals surface area contributed by atoms with Crippen LogP contribution in [0.5, 0.6) is 0 Å². The van der Waals surface area contributed by atoms with Gasteiger partial charge in [0.25, 0.3) is 0 Å². The van der Waals surface area contributed by atoms with E-state index < -0.39 is 0 Å². The van der Waals surface area contributed by atoms with Crippen molar-refractivity contribution in [2.24, 2.45) is 17.8 Å². The van der Waals surface area contributed by atoms with Crippen LogP contribution in [0.25, 0.3) is 0 Å². The maximum Gasteiger partial charge on any atom is 0.223 e. The molecule has 1 amide bonds. The molecule has 3 atom stereocenters. The molecule has 2 fully saturated rings. The van der Waals surface area contributed by atoms with Gasteiger partial charge in [0.2, 0.25) is 5.91 Å². The predicted octanol–water partition coefficient (Wildman–Crippen LogP) is 3.43. The molecule has 1 aromatic rings. The van der Waals surface area contributed by atoms with Gasteiger partial charge in [0.1, 0.15) is 0 Å². The summed E-state index contributed by atoms with van der Waals surface area (Å²) >= 11 is 5.95. The molecule has 0 saturated heterocycles. The number of rotatable bonds is 4. The Kier molecular flexibility index (Phi) is 3.79. The summed E-state index contributed by atoms with van der Waals surface area (Å²) in [6.45, 7) is 0.715. The maximum absolute atomic E-state index is 12.2. The zero-order valence-corrected chi connectivity index (χ0v) is 11.8. The fourth-order valence-electron chi connectivity index (χ4n) is 3.72. The van der Waals surface area contributed by atoms with Gasteiger partial charge in [-0.25, -0.2) is 0 Å². The number of carbonyl (C=O) groups excluding carboxylic acids is 1. The molecule has 3 rings (SSSR count). The molecule has 3 heteroatoms. The Bertz CT molecular complexity index is 474. The number of hydrogen-bond donors (Lipinski definition) is 1. The zero-order chi connectivity index (χ0) is 13.2. The van der Waals surface area contributed by atoms with E-state index in [1.165, 1.54) is 24.8 Å².